The first-order chi connectivity index (χ1) is 9.94. The lowest BCUT2D eigenvalue weighted by Gasteiger charge is -2.47. The number of hydrogen-bond acceptors (Lipinski definition) is 3. The molecule has 1 aliphatic rings. The zero-order valence-corrected chi connectivity index (χ0v) is 14.2. The van der Waals surface area contributed by atoms with Crippen molar-refractivity contribution in [1.82, 2.24) is 10.3 Å². The van der Waals surface area contributed by atoms with Crippen LogP contribution in [0.25, 0.3) is 0 Å². The van der Waals surface area contributed by atoms with Gasteiger partial charge in [0.25, 0.3) is 0 Å². The Hall–Kier alpha value is -0.930. The van der Waals surface area contributed by atoms with Gasteiger partial charge in [0, 0.05) is 19.5 Å². The van der Waals surface area contributed by atoms with Crippen molar-refractivity contribution in [2.24, 2.45) is 5.41 Å². The van der Waals surface area contributed by atoms with Crippen molar-refractivity contribution in [2.75, 3.05) is 13.7 Å². The minimum absolute atomic E-state index is 0.112. The van der Waals surface area contributed by atoms with E-state index in [0.717, 1.165) is 19.4 Å². The number of nitrogens with zero attached hydrogens (tertiary/aromatic N) is 1. The van der Waals surface area contributed by atoms with Gasteiger partial charge in [-0.05, 0) is 61.8 Å². The molecule has 1 fully saturated rings. The average Bonchev–Trinajstić information content (AvgIpc) is 2.47. The van der Waals surface area contributed by atoms with E-state index >= 15 is 0 Å². The molecule has 1 aromatic heterocycles. The van der Waals surface area contributed by atoms with Crippen LogP contribution in [0, 0.1) is 12.3 Å². The monoisotopic (exact) mass is 290 g/mol. The van der Waals surface area contributed by atoms with Crippen LogP contribution in [-0.2, 0) is 4.74 Å². The predicted molar refractivity (Wildman–Crippen MR) is 87.4 cm³/mol. The van der Waals surface area contributed by atoms with E-state index < -0.39 is 0 Å². The van der Waals surface area contributed by atoms with Crippen LogP contribution in [0.5, 0.6) is 0 Å². The van der Waals surface area contributed by atoms with E-state index in [9.17, 15) is 0 Å². The van der Waals surface area contributed by atoms with E-state index in [4.69, 9.17) is 4.74 Å². The zero-order valence-electron chi connectivity index (χ0n) is 14.2. The highest BCUT2D eigenvalue weighted by Gasteiger charge is 2.45. The van der Waals surface area contributed by atoms with Crippen LogP contribution < -0.4 is 5.32 Å². The Morgan fingerprint density at radius 2 is 1.95 bits per heavy atom. The van der Waals surface area contributed by atoms with Crippen LogP contribution >= 0.6 is 0 Å². The topological polar surface area (TPSA) is 34.2 Å². The maximum Gasteiger partial charge on any atom is 0.0873 e. The summed E-state index contributed by atoms with van der Waals surface area (Å²) >= 11 is 0. The van der Waals surface area contributed by atoms with Gasteiger partial charge in [0.1, 0.15) is 0 Å². The number of ether oxygens (including phenoxy) is 1. The molecule has 0 bridgehead atoms. The molecule has 3 nitrogen and oxygen atoms in total. The lowest BCUT2D eigenvalue weighted by molar-refractivity contribution is -0.0875. The number of aromatic nitrogens is 1. The summed E-state index contributed by atoms with van der Waals surface area (Å²) in [6.45, 7) is 9.99. The van der Waals surface area contributed by atoms with Crippen molar-refractivity contribution in [3.05, 3.63) is 29.6 Å². The van der Waals surface area contributed by atoms with E-state index in [1.165, 1.54) is 24.0 Å². The summed E-state index contributed by atoms with van der Waals surface area (Å²) in [5.41, 5.74) is 2.89. The smallest absolute Gasteiger partial charge is 0.0873 e. The quantitative estimate of drug-likeness (QED) is 0.889. The fraction of sp³-hybridized carbons (Fsp3) is 0.722. The van der Waals surface area contributed by atoms with Crippen molar-refractivity contribution >= 4 is 0 Å². The molecule has 118 valence electrons. The summed E-state index contributed by atoms with van der Waals surface area (Å²) < 4.78 is 6.11. The lowest BCUT2D eigenvalue weighted by Crippen LogP contribution is -2.49. The molecule has 1 aromatic rings. The molecule has 0 radical (unpaired) electrons. The van der Waals surface area contributed by atoms with Gasteiger partial charge in [0.2, 0.25) is 0 Å². The number of methoxy groups -OCH3 is 1. The highest BCUT2D eigenvalue weighted by molar-refractivity contribution is 5.28. The molecular formula is C18H30N2O. The van der Waals surface area contributed by atoms with E-state index in [0.29, 0.717) is 5.41 Å². The fourth-order valence-corrected chi connectivity index (χ4v) is 3.52. The Morgan fingerprint density at radius 1 is 1.29 bits per heavy atom. The molecule has 0 aliphatic heterocycles. The molecular weight excluding hydrogens is 260 g/mol. The highest BCUT2D eigenvalue weighted by Crippen LogP contribution is 2.47. The number of nitrogens with one attached hydrogen (secondary N) is 1. The van der Waals surface area contributed by atoms with Gasteiger partial charge in [-0.1, -0.05) is 20.8 Å². The van der Waals surface area contributed by atoms with Crippen molar-refractivity contribution in [1.29, 1.82) is 0 Å². The maximum atomic E-state index is 6.11. The molecule has 1 aliphatic carbocycles. The molecule has 1 saturated carbocycles. The Labute approximate surface area is 129 Å². The largest absolute Gasteiger partial charge is 0.376 e. The normalized spacial score (nSPS) is 22.0. The third kappa shape index (κ3) is 3.46. The Bertz CT molecular complexity index is 460. The third-order valence-corrected chi connectivity index (χ3v) is 5.18. The number of aryl methyl sites for hydroxylation is 1. The van der Waals surface area contributed by atoms with Gasteiger partial charge in [-0.2, -0.15) is 0 Å². The molecule has 3 heteroatoms. The van der Waals surface area contributed by atoms with Crippen molar-refractivity contribution in [3.63, 3.8) is 0 Å². The Morgan fingerprint density at radius 3 is 2.48 bits per heavy atom. The molecule has 2 rings (SSSR count). The molecule has 0 saturated heterocycles. The van der Waals surface area contributed by atoms with Gasteiger partial charge < -0.3 is 10.1 Å². The number of rotatable bonds is 5. The van der Waals surface area contributed by atoms with Crippen LogP contribution in [0.4, 0.5) is 0 Å². The van der Waals surface area contributed by atoms with Crippen LogP contribution in [0.1, 0.15) is 63.6 Å². The summed E-state index contributed by atoms with van der Waals surface area (Å²) in [5.74, 6) is 0. The van der Waals surface area contributed by atoms with E-state index in [-0.39, 0.29) is 11.6 Å². The minimum atomic E-state index is -0.112. The van der Waals surface area contributed by atoms with E-state index in [1.54, 1.807) is 0 Å². The Balaban J connectivity index is 2.34. The summed E-state index contributed by atoms with van der Waals surface area (Å²) in [5, 5.41) is 3.66. The maximum absolute atomic E-state index is 6.11. The third-order valence-electron chi connectivity index (χ3n) is 5.18. The highest BCUT2D eigenvalue weighted by atomic mass is 16.5. The molecule has 0 amide bonds. The first-order valence-electron chi connectivity index (χ1n) is 8.13. The molecule has 1 atom stereocenters. The van der Waals surface area contributed by atoms with Crippen LogP contribution in [0.15, 0.2) is 18.5 Å². The number of likely N-dealkylation sites (N-methyl/N-ethyl adjacent to an activating group) is 1. The van der Waals surface area contributed by atoms with Gasteiger partial charge in [-0.15, -0.1) is 0 Å². The van der Waals surface area contributed by atoms with Crippen molar-refractivity contribution < 1.29 is 4.74 Å². The lowest BCUT2D eigenvalue weighted by atomic mass is 9.67. The van der Waals surface area contributed by atoms with Gasteiger partial charge >= 0.3 is 0 Å². The first kappa shape index (κ1) is 16.4. The fourth-order valence-electron chi connectivity index (χ4n) is 3.52. The SMILES string of the molecule is CCNC(c1cnccc1C)C1(OC)CCC(C)(C)CC1. The van der Waals surface area contributed by atoms with Crippen LogP contribution in [0.2, 0.25) is 0 Å². The number of hydrogen-bond donors (Lipinski definition) is 1. The van der Waals surface area contributed by atoms with Crippen molar-refractivity contribution in [2.45, 2.75) is 65.0 Å². The second kappa shape index (κ2) is 6.45. The molecule has 1 unspecified atom stereocenters. The second-order valence-corrected chi connectivity index (χ2v) is 7.16. The van der Waals surface area contributed by atoms with Gasteiger partial charge in [-0.3, -0.25) is 4.98 Å². The van der Waals surface area contributed by atoms with Crippen LogP contribution in [0.3, 0.4) is 0 Å². The molecule has 21 heavy (non-hydrogen) atoms. The standard InChI is InChI=1S/C18H30N2O/c1-6-20-16(15-13-19-12-7-14(15)2)18(21-5)10-8-17(3,4)9-11-18/h7,12-13,16,20H,6,8-11H2,1-5H3. The second-order valence-electron chi connectivity index (χ2n) is 7.16. The van der Waals surface area contributed by atoms with Gasteiger partial charge in [0.15, 0.2) is 0 Å². The molecule has 1 heterocycles. The Kier molecular flexibility index (Phi) is 5.05. The number of pyridine rings is 1. The van der Waals surface area contributed by atoms with E-state index in [1.807, 2.05) is 19.5 Å². The van der Waals surface area contributed by atoms with Gasteiger partial charge in [-0.25, -0.2) is 0 Å². The van der Waals surface area contributed by atoms with E-state index in [2.05, 4.69) is 44.1 Å². The van der Waals surface area contributed by atoms with Gasteiger partial charge in [0.05, 0.1) is 11.6 Å². The first-order valence-corrected chi connectivity index (χ1v) is 8.13. The molecule has 0 spiro atoms. The molecule has 0 aromatic carbocycles. The minimum Gasteiger partial charge on any atom is -0.376 e. The van der Waals surface area contributed by atoms with Crippen LogP contribution in [-0.4, -0.2) is 24.2 Å². The van der Waals surface area contributed by atoms with Crippen molar-refractivity contribution in [3.8, 4) is 0 Å². The summed E-state index contributed by atoms with van der Waals surface area (Å²) in [4.78, 5) is 4.34. The summed E-state index contributed by atoms with van der Waals surface area (Å²) in [6.07, 6.45) is 8.49. The summed E-state index contributed by atoms with van der Waals surface area (Å²) in [7, 11) is 1.87. The summed E-state index contributed by atoms with van der Waals surface area (Å²) in [6, 6.07) is 2.31. The molecule has 1 N–H and O–H groups in total. The predicted octanol–water partition coefficient (Wildman–Crippen LogP) is 4.03. The average molecular weight is 290 g/mol. The zero-order chi connectivity index (χ0) is 15.5.